The first kappa shape index (κ1) is 14.4. The van der Waals surface area contributed by atoms with E-state index in [1.165, 1.54) is 0 Å². The topological polar surface area (TPSA) is 64.8 Å². The number of carbonyl (C=O) groups excluding carboxylic acids is 1. The maximum absolute atomic E-state index is 11.9. The smallest absolute Gasteiger partial charge is 0.222 e. The molecule has 0 aromatic heterocycles. The summed E-state index contributed by atoms with van der Waals surface area (Å²) >= 11 is 0. The Morgan fingerprint density at radius 2 is 1.88 bits per heavy atom. The number of amides is 1. The maximum atomic E-state index is 11.9. The number of nitrogens with zero attached hydrogens (tertiary/aromatic N) is 1. The van der Waals surface area contributed by atoms with Crippen LogP contribution in [0.15, 0.2) is 0 Å². The molecule has 1 rings (SSSR count). The summed E-state index contributed by atoms with van der Waals surface area (Å²) in [5.41, 5.74) is 5.65. The number of methoxy groups -OCH3 is 2. The van der Waals surface area contributed by atoms with Crippen LogP contribution in [-0.2, 0) is 14.3 Å². The van der Waals surface area contributed by atoms with Gasteiger partial charge in [-0.25, -0.2) is 0 Å². The van der Waals surface area contributed by atoms with Crippen molar-refractivity contribution in [1.29, 1.82) is 0 Å². The molecule has 2 N–H and O–H groups in total. The highest BCUT2D eigenvalue weighted by molar-refractivity contribution is 5.76. The van der Waals surface area contributed by atoms with Crippen molar-refractivity contribution < 1.29 is 14.3 Å². The third-order valence-electron chi connectivity index (χ3n) is 3.22. The molecule has 3 atom stereocenters. The minimum atomic E-state index is -0.00242. The average molecular weight is 244 g/mol. The lowest BCUT2D eigenvalue weighted by molar-refractivity contribution is -0.130. The molecule has 1 aliphatic heterocycles. The minimum Gasteiger partial charge on any atom is -0.377 e. The van der Waals surface area contributed by atoms with E-state index >= 15 is 0 Å². The van der Waals surface area contributed by atoms with Gasteiger partial charge >= 0.3 is 0 Å². The van der Waals surface area contributed by atoms with Crippen LogP contribution >= 0.6 is 0 Å². The number of hydrogen-bond acceptors (Lipinski definition) is 4. The molecule has 3 unspecified atom stereocenters. The van der Waals surface area contributed by atoms with E-state index in [1.54, 1.807) is 14.2 Å². The third-order valence-corrected chi connectivity index (χ3v) is 3.22. The summed E-state index contributed by atoms with van der Waals surface area (Å²) < 4.78 is 10.6. The van der Waals surface area contributed by atoms with Crippen LogP contribution in [0.25, 0.3) is 0 Å². The Bertz CT molecular complexity index is 234. The first-order chi connectivity index (χ1) is 8.08. The zero-order chi connectivity index (χ0) is 12.8. The predicted molar refractivity (Wildman–Crippen MR) is 65.7 cm³/mol. The van der Waals surface area contributed by atoms with Crippen LogP contribution in [0, 0.1) is 0 Å². The van der Waals surface area contributed by atoms with Crippen LogP contribution in [0.2, 0.25) is 0 Å². The Hall–Kier alpha value is -0.650. The minimum absolute atomic E-state index is 0.00242. The Labute approximate surface area is 103 Å². The number of rotatable bonds is 6. The van der Waals surface area contributed by atoms with Crippen molar-refractivity contribution in [2.45, 2.75) is 44.4 Å². The molecular weight excluding hydrogens is 220 g/mol. The van der Waals surface area contributed by atoms with E-state index in [9.17, 15) is 4.79 Å². The standard InChI is InChI=1S/C12H24N2O3/c1-9(13)5-4-6-12(15)14-7-10(16-2)11(8-14)17-3/h9-11H,4-8,13H2,1-3H3. The van der Waals surface area contributed by atoms with E-state index in [0.29, 0.717) is 19.5 Å². The lowest BCUT2D eigenvalue weighted by atomic mass is 10.1. The predicted octanol–water partition coefficient (Wildman–Crippen LogP) is 0.376. The van der Waals surface area contributed by atoms with Gasteiger partial charge in [0.2, 0.25) is 5.91 Å². The summed E-state index contributed by atoms with van der Waals surface area (Å²) in [7, 11) is 3.31. The molecule has 5 nitrogen and oxygen atoms in total. The second-order valence-corrected chi connectivity index (χ2v) is 4.72. The van der Waals surface area contributed by atoms with Crippen molar-refractivity contribution in [3.05, 3.63) is 0 Å². The SMILES string of the molecule is COC1CN(C(=O)CCCC(C)N)CC1OC. The van der Waals surface area contributed by atoms with Gasteiger partial charge in [0, 0.05) is 39.8 Å². The average Bonchev–Trinajstić information content (AvgIpc) is 2.71. The molecule has 1 amide bonds. The second kappa shape index (κ2) is 6.93. The molecule has 0 aromatic rings. The number of ether oxygens (including phenoxy) is 2. The van der Waals surface area contributed by atoms with Crippen LogP contribution < -0.4 is 5.73 Å². The molecule has 0 saturated carbocycles. The number of hydrogen-bond donors (Lipinski definition) is 1. The molecule has 0 spiro atoms. The fourth-order valence-electron chi connectivity index (χ4n) is 2.13. The second-order valence-electron chi connectivity index (χ2n) is 4.72. The summed E-state index contributed by atoms with van der Waals surface area (Å²) in [5.74, 6) is 0.173. The van der Waals surface area contributed by atoms with Crippen molar-refractivity contribution in [1.82, 2.24) is 4.90 Å². The molecule has 1 heterocycles. The van der Waals surface area contributed by atoms with E-state index in [2.05, 4.69) is 0 Å². The highest BCUT2D eigenvalue weighted by Crippen LogP contribution is 2.17. The normalized spacial score (nSPS) is 26.2. The van der Waals surface area contributed by atoms with Crippen LogP contribution in [0.1, 0.15) is 26.2 Å². The van der Waals surface area contributed by atoms with Crippen molar-refractivity contribution in [3.8, 4) is 0 Å². The molecule has 1 aliphatic rings. The first-order valence-corrected chi connectivity index (χ1v) is 6.17. The summed E-state index contributed by atoms with van der Waals surface area (Å²) in [6.07, 6.45) is 2.30. The molecule has 1 fully saturated rings. The molecule has 0 aliphatic carbocycles. The Kier molecular flexibility index (Phi) is 5.88. The fraction of sp³-hybridized carbons (Fsp3) is 0.917. The van der Waals surface area contributed by atoms with Gasteiger partial charge in [0.15, 0.2) is 0 Å². The Morgan fingerprint density at radius 1 is 1.35 bits per heavy atom. The highest BCUT2D eigenvalue weighted by Gasteiger charge is 2.34. The van der Waals surface area contributed by atoms with Crippen molar-refractivity contribution in [2.75, 3.05) is 27.3 Å². The van der Waals surface area contributed by atoms with E-state index < -0.39 is 0 Å². The molecule has 100 valence electrons. The molecule has 0 aromatic carbocycles. The molecule has 0 bridgehead atoms. The number of carbonyl (C=O) groups is 1. The number of likely N-dealkylation sites (tertiary alicyclic amines) is 1. The van der Waals surface area contributed by atoms with Crippen molar-refractivity contribution >= 4 is 5.91 Å². The van der Waals surface area contributed by atoms with E-state index in [-0.39, 0.29) is 24.2 Å². The Balaban J connectivity index is 2.33. The zero-order valence-corrected chi connectivity index (χ0v) is 11.0. The summed E-state index contributed by atoms with van der Waals surface area (Å²) in [5, 5.41) is 0. The fourth-order valence-corrected chi connectivity index (χ4v) is 2.13. The maximum Gasteiger partial charge on any atom is 0.222 e. The van der Waals surface area contributed by atoms with Gasteiger partial charge in [-0.05, 0) is 19.8 Å². The van der Waals surface area contributed by atoms with E-state index in [4.69, 9.17) is 15.2 Å². The summed E-state index contributed by atoms with van der Waals surface area (Å²) in [6.45, 7) is 3.22. The quantitative estimate of drug-likeness (QED) is 0.733. The highest BCUT2D eigenvalue weighted by atomic mass is 16.5. The van der Waals surface area contributed by atoms with Crippen LogP contribution in [-0.4, -0.2) is 56.4 Å². The van der Waals surface area contributed by atoms with Gasteiger partial charge in [-0.2, -0.15) is 0 Å². The van der Waals surface area contributed by atoms with Gasteiger partial charge in [0.05, 0.1) is 0 Å². The van der Waals surface area contributed by atoms with E-state index in [1.807, 2.05) is 11.8 Å². The molecule has 0 radical (unpaired) electrons. The molecular formula is C12H24N2O3. The van der Waals surface area contributed by atoms with Gasteiger partial charge in [-0.3, -0.25) is 4.79 Å². The van der Waals surface area contributed by atoms with E-state index in [0.717, 1.165) is 12.8 Å². The summed E-state index contributed by atoms with van der Waals surface area (Å²) in [4.78, 5) is 13.7. The lowest BCUT2D eigenvalue weighted by Gasteiger charge is -2.15. The molecule has 17 heavy (non-hydrogen) atoms. The van der Waals surface area contributed by atoms with Crippen LogP contribution in [0.4, 0.5) is 0 Å². The van der Waals surface area contributed by atoms with Gasteiger partial charge < -0.3 is 20.1 Å². The van der Waals surface area contributed by atoms with Crippen molar-refractivity contribution in [2.24, 2.45) is 5.73 Å². The number of nitrogens with two attached hydrogens (primary N) is 1. The van der Waals surface area contributed by atoms with Crippen LogP contribution in [0.3, 0.4) is 0 Å². The first-order valence-electron chi connectivity index (χ1n) is 6.17. The monoisotopic (exact) mass is 244 g/mol. The summed E-state index contributed by atoms with van der Waals surface area (Å²) in [6, 6.07) is 0.167. The van der Waals surface area contributed by atoms with Gasteiger partial charge in [0.1, 0.15) is 12.2 Å². The third kappa shape index (κ3) is 4.26. The van der Waals surface area contributed by atoms with Gasteiger partial charge in [-0.15, -0.1) is 0 Å². The van der Waals surface area contributed by atoms with Gasteiger partial charge in [0.25, 0.3) is 0 Å². The lowest BCUT2D eigenvalue weighted by Crippen LogP contribution is -2.30. The zero-order valence-electron chi connectivity index (χ0n) is 11.0. The Morgan fingerprint density at radius 3 is 2.29 bits per heavy atom. The van der Waals surface area contributed by atoms with Crippen LogP contribution in [0.5, 0.6) is 0 Å². The molecule has 1 saturated heterocycles. The molecule has 5 heteroatoms. The van der Waals surface area contributed by atoms with Gasteiger partial charge in [-0.1, -0.05) is 0 Å². The largest absolute Gasteiger partial charge is 0.377 e. The van der Waals surface area contributed by atoms with Crippen molar-refractivity contribution in [3.63, 3.8) is 0 Å².